The molecule has 0 unspecified atom stereocenters. The lowest BCUT2D eigenvalue weighted by Crippen LogP contribution is -2.25. The van der Waals surface area contributed by atoms with Crippen LogP contribution in [0.2, 0.25) is 0 Å². The average Bonchev–Trinajstić information content (AvgIpc) is 2.37. The van der Waals surface area contributed by atoms with Crippen LogP contribution in [-0.4, -0.2) is 33.6 Å². The highest BCUT2D eigenvalue weighted by Gasteiger charge is 2.23. The van der Waals surface area contributed by atoms with E-state index in [0.717, 1.165) is 6.07 Å². The lowest BCUT2D eigenvalue weighted by atomic mass is 10.2. The van der Waals surface area contributed by atoms with Gasteiger partial charge < -0.3 is 4.74 Å². The Morgan fingerprint density at radius 2 is 2.10 bits per heavy atom. The molecule has 0 saturated carbocycles. The Labute approximate surface area is 115 Å². The largest absolute Gasteiger partial charge is 0.385 e. The summed E-state index contributed by atoms with van der Waals surface area (Å²) in [6.07, 6.45) is 0.456. The molecule has 112 valence electrons. The lowest BCUT2D eigenvalue weighted by molar-refractivity contribution is -0.387. The van der Waals surface area contributed by atoms with Gasteiger partial charge in [-0.25, -0.2) is 13.1 Å². The van der Waals surface area contributed by atoms with Crippen LogP contribution in [0.25, 0.3) is 0 Å². The summed E-state index contributed by atoms with van der Waals surface area (Å²) in [5.74, 6) is -1.03. The van der Waals surface area contributed by atoms with Gasteiger partial charge in [0.15, 0.2) is 0 Å². The molecule has 1 aromatic carbocycles. The lowest BCUT2D eigenvalue weighted by Gasteiger charge is -2.08. The summed E-state index contributed by atoms with van der Waals surface area (Å²) in [4.78, 5) is 9.40. The van der Waals surface area contributed by atoms with Gasteiger partial charge in [0.05, 0.1) is 9.82 Å². The number of nitrogens with zero attached hydrogens (tertiary/aromatic N) is 1. The summed E-state index contributed by atoms with van der Waals surface area (Å²) in [5, 5.41) is 10.7. The van der Waals surface area contributed by atoms with Gasteiger partial charge in [0.1, 0.15) is 0 Å². The molecule has 0 amide bonds. The number of hydrogen-bond donors (Lipinski definition) is 1. The smallest absolute Gasteiger partial charge is 0.306 e. The highest BCUT2D eigenvalue weighted by Crippen LogP contribution is 2.24. The van der Waals surface area contributed by atoms with E-state index in [4.69, 9.17) is 4.74 Å². The third-order valence-electron chi connectivity index (χ3n) is 2.53. The number of nitro groups is 1. The second kappa shape index (κ2) is 6.73. The van der Waals surface area contributed by atoms with Gasteiger partial charge in [0, 0.05) is 26.3 Å². The first kappa shape index (κ1) is 16.5. The number of ether oxygens (including phenoxy) is 1. The Morgan fingerprint density at radius 1 is 1.45 bits per heavy atom. The van der Waals surface area contributed by atoms with Gasteiger partial charge in [0.25, 0.3) is 0 Å². The van der Waals surface area contributed by atoms with Crippen LogP contribution in [0.3, 0.4) is 0 Å². The van der Waals surface area contributed by atoms with Crippen molar-refractivity contribution < 1.29 is 22.5 Å². The van der Waals surface area contributed by atoms with E-state index in [1.54, 1.807) is 0 Å². The number of hydrogen-bond acceptors (Lipinski definition) is 5. The summed E-state index contributed by atoms with van der Waals surface area (Å²) in [7, 11) is -2.43. The van der Waals surface area contributed by atoms with Gasteiger partial charge in [0.2, 0.25) is 15.8 Å². The van der Waals surface area contributed by atoms with Gasteiger partial charge in [-0.3, -0.25) is 10.1 Å². The van der Waals surface area contributed by atoms with Crippen LogP contribution in [0.15, 0.2) is 17.0 Å². The van der Waals surface area contributed by atoms with Crippen LogP contribution < -0.4 is 4.72 Å². The molecule has 0 radical (unpaired) electrons. The van der Waals surface area contributed by atoms with Crippen molar-refractivity contribution in [1.29, 1.82) is 0 Å². The number of nitro benzene ring substituents is 1. The molecule has 7 nitrogen and oxygen atoms in total. The van der Waals surface area contributed by atoms with E-state index in [9.17, 15) is 22.9 Å². The van der Waals surface area contributed by atoms with Crippen molar-refractivity contribution in [3.63, 3.8) is 0 Å². The first-order valence-corrected chi connectivity index (χ1v) is 7.21. The molecule has 0 saturated heterocycles. The summed E-state index contributed by atoms with van der Waals surface area (Å²) in [5.41, 5.74) is -0.960. The van der Waals surface area contributed by atoms with Crippen molar-refractivity contribution >= 4 is 15.7 Å². The Morgan fingerprint density at radius 3 is 2.65 bits per heavy atom. The van der Waals surface area contributed by atoms with Crippen molar-refractivity contribution in [3.05, 3.63) is 33.6 Å². The second-order valence-corrected chi connectivity index (χ2v) is 5.84. The highest BCUT2D eigenvalue weighted by molar-refractivity contribution is 7.89. The highest BCUT2D eigenvalue weighted by atomic mass is 32.2. The zero-order chi connectivity index (χ0) is 15.3. The van der Waals surface area contributed by atoms with Crippen LogP contribution in [0.4, 0.5) is 10.1 Å². The zero-order valence-electron chi connectivity index (χ0n) is 11.1. The summed E-state index contributed by atoms with van der Waals surface area (Å²) in [6.45, 7) is 1.78. The number of benzene rings is 1. The number of halogens is 1. The Kier molecular flexibility index (Phi) is 5.54. The average molecular weight is 306 g/mol. The van der Waals surface area contributed by atoms with Crippen molar-refractivity contribution in [3.8, 4) is 0 Å². The van der Waals surface area contributed by atoms with Gasteiger partial charge in [-0.15, -0.1) is 0 Å². The molecular weight excluding hydrogens is 291 g/mol. The minimum atomic E-state index is -3.91. The molecule has 0 bridgehead atoms. The van der Waals surface area contributed by atoms with Crippen molar-refractivity contribution in [1.82, 2.24) is 4.72 Å². The Balaban J connectivity index is 3.04. The molecule has 1 N–H and O–H groups in total. The fourth-order valence-electron chi connectivity index (χ4n) is 1.51. The van der Waals surface area contributed by atoms with Crippen LogP contribution in [0.1, 0.15) is 12.0 Å². The zero-order valence-corrected chi connectivity index (χ0v) is 11.9. The maximum atomic E-state index is 13.5. The maximum absolute atomic E-state index is 13.5. The number of sulfonamides is 1. The van der Waals surface area contributed by atoms with E-state index < -0.39 is 26.5 Å². The number of nitrogens with one attached hydrogen (secondary N) is 1. The molecule has 0 fully saturated rings. The molecule has 0 atom stereocenters. The van der Waals surface area contributed by atoms with E-state index in [2.05, 4.69) is 4.72 Å². The molecule has 0 aliphatic heterocycles. The van der Waals surface area contributed by atoms with Crippen LogP contribution in [-0.2, 0) is 14.8 Å². The normalized spacial score (nSPS) is 11.6. The minimum Gasteiger partial charge on any atom is -0.385 e. The third-order valence-corrected chi connectivity index (χ3v) is 3.97. The Bertz CT molecular complexity index is 603. The molecule has 20 heavy (non-hydrogen) atoms. The van der Waals surface area contributed by atoms with Crippen molar-refractivity contribution in [2.75, 3.05) is 20.3 Å². The van der Waals surface area contributed by atoms with Crippen molar-refractivity contribution in [2.45, 2.75) is 18.2 Å². The van der Waals surface area contributed by atoms with Crippen LogP contribution in [0, 0.1) is 22.9 Å². The summed E-state index contributed by atoms with van der Waals surface area (Å²) in [6, 6.07) is 1.77. The van der Waals surface area contributed by atoms with Crippen LogP contribution >= 0.6 is 0 Å². The number of methoxy groups -OCH3 is 1. The minimum absolute atomic E-state index is 0.100. The third kappa shape index (κ3) is 3.95. The topological polar surface area (TPSA) is 98.5 Å². The molecular formula is C11H15FN2O5S. The standard InChI is InChI=1S/C11H15FN2O5S/c1-8-6-9(7-10(11(8)12)14(15)16)20(17,18)13-4-3-5-19-2/h6-7,13H,3-5H2,1-2H3. The Hall–Kier alpha value is -1.58. The monoisotopic (exact) mass is 306 g/mol. The van der Waals surface area contributed by atoms with E-state index >= 15 is 0 Å². The molecule has 0 aliphatic rings. The number of rotatable bonds is 7. The van der Waals surface area contributed by atoms with Gasteiger partial charge in [-0.2, -0.15) is 4.39 Å². The molecule has 0 spiro atoms. The van der Waals surface area contributed by atoms with Gasteiger partial charge in [-0.1, -0.05) is 0 Å². The maximum Gasteiger partial charge on any atom is 0.306 e. The van der Waals surface area contributed by atoms with Crippen molar-refractivity contribution in [2.24, 2.45) is 0 Å². The van der Waals surface area contributed by atoms with Crippen LogP contribution in [0.5, 0.6) is 0 Å². The quantitative estimate of drug-likeness (QED) is 0.466. The molecule has 9 heteroatoms. The molecule has 0 aromatic heterocycles. The van der Waals surface area contributed by atoms with Gasteiger partial charge in [-0.05, 0) is 25.0 Å². The SMILES string of the molecule is COCCCNS(=O)(=O)c1cc(C)c(F)c([N+](=O)[O-])c1. The summed E-state index contributed by atoms with van der Waals surface area (Å²) < 4.78 is 44.4. The van der Waals surface area contributed by atoms with E-state index in [1.807, 2.05) is 0 Å². The fraction of sp³-hybridized carbons (Fsp3) is 0.455. The summed E-state index contributed by atoms with van der Waals surface area (Å²) >= 11 is 0. The predicted octanol–water partition coefficient (Wildman–Crippen LogP) is 1.36. The van der Waals surface area contributed by atoms with E-state index in [1.165, 1.54) is 14.0 Å². The molecule has 1 aromatic rings. The first-order valence-electron chi connectivity index (χ1n) is 5.72. The molecule has 0 heterocycles. The second-order valence-electron chi connectivity index (χ2n) is 4.07. The number of aryl methyl sites for hydroxylation is 1. The van der Waals surface area contributed by atoms with E-state index in [-0.39, 0.29) is 17.0 Å². The molecule has 0 aliphatic carbocycles. The van der Waals surface area contributed by atoms with Gasteiger partial charge >= 0.3 is 5.69 Å². The first-order chi connectivity index (χ1) is 9.29. The van der Waals surface area contributed by atoms with E-state index in [0.29, 0.717) is 19.1 Å². The fourth-order valence-corrected chi connectivity index (χ4v) is 2.69. The molecule has 1 rings (SSSR count). The predicted molar refractivity (Wildman–Crippen MR) is 69.5 cm³/mol.